The van der Waals surface area contributed by atoms with E-state index in [-0.39, 0.29) is 0 Å². The van der Waals surface area contributed by atoms with Crippen LogP contribution in [0.5, 0.6) is 0 Å². The van der Waals surface area contributed by atoms with Gasteiger partial charge in [0.25, 0.3) is 0 Å². The number of ether oxygens (including phenoxy) is 2. The van der Waals surface area contributed by atoms with Crippen LogP contribution in [0.25, 0.3) is 0 Å². The fourth-order valence-corrected chi connectivity index (χ4v) is 1.48. The summed E-state index contributed by atoms with van der Waals surface area (Å²) in [7, 11) is 0. The summed E-state index contributed by atoms with van der Waals surface area (Å²) >= 11 is 0. The Morgan fingerprint density at radius 1 is 1.27 bits per heavy atom. The summed E-state index contributed by atoms with van der Waals surface area (Å²) < 4.78 is 10.6. The Morgan fingerprint density at radius 2 is 2.27 bits per heavy atom. The smallest absolute Gasteiger partial charge is 0.108 e. The van der Waals surface area contributed by atoms with Crippen LogP contribution in [-0.2, 0) is 9.47 Å². The summed E-state index contributed by atoms with van der Waals surface area (Å²) in [6.07, 6.45) is 10.3. The molecule has 0 N–H and O–H groups in total. The summed E-state index contributed by atoms with van der Waals surface area (Å²) in [4.78, 5) is 0. The Hall–Kier alpha value is -0.920. The molecule has 0 radical (unpaired) electrons. The SMILES string of the molecule is C1=COC(C2C=COC2)CC1. The Balaban J connectivity index is 1.93. The summed E-state index contributed by atoms with van der Waals surface area (Å²) in [5, 5.41) is 0. The molecule has 11 heavy (non-hydrogen) atoms. The van der Waals surface area contributed by atoms with Gasteiger partial charge in [-0.3, -0.25) is 0 Å². The molecule has 2 aliphatic rings. The summed E-state index contributed by atoms with van der Waals surface area (Å²) in [6.45, 7) is 0.790. The van der Waals surface area contributed by atoms with Crippen LogP contribution in [0.15, 0.2) is 24.7 Å². The molecule has 0 aromatic rings. The monoisotopic (exact) mass is 152 g/mol. The normalized spacial score (nSPS) is 34.9. The second-order valence-corrected chi connectivity index (χ2v) is 2.95. The molecule has 2 aliphatic heterocycles. The largest absolute Gasteiger partial charge is 0.501 e. The van der Waals surface area contributed by atoms with Crippen LogP contribution >= 0.6 is 0 Å². The van der Waals surface area contributed by atoms with Gasteiger partial charge in [-0.1, -0.05) is 0 Å². The molecule has 2 heteroatoms. The maximum absolute atomic E-state index is 5.45. The third kappa shape index (κ3) is 1.39. The van der Waals surface area contributed by atoms with Crippen LogP contribution in [-0.4, -0.2) is 12.7 Å². The summed E-state index contributed by atoms with van der Waals surface area (Å²) in [6, 6.07) is 0. The molecule has 2 nitrogen and oxygen atoms in total. The zero-order valence-corrected chi connectivity index (χ0v) is 6.40. The van der Waals surface area contributed by atoms with E-state index in [1.807, 2.05) is 0 Å². The lowest BCUT2D eigenvalue weighted by Gasteiger charge is -2.22. The molecular formula is C9H12O2. The molecule has 0 saturated carbocycles. The highest BCUT2D eigenvalue weighted by molar-refractivity contribution is 4.96. The Kier molecular flexibility index (Phi) is 1.84. The van der Waals surface area contributed by atoms with Crippen molar-refractivity contribution in [1.82, 2.24) is 0 Å². The van der Waals surface area contributed by atoms with Crippen LogP contribution < -0.4 is 0 Å². The molecule has 0 spiro atoms. The Morgan fingerprint density at radius 3 is 2.91 bits per heavy atom. The van der Waals surface area contributed by atoms with Crippen molar-refractivity contribution in [2.45, 2.75) is 18.9 Å². The van der Waals surface area contributed by atoms with Crippen molar-refractivity contribution in [1.29, 1.82) is 0 Å². The quantitative estimate of drug-likeness (QED) is 0.570. The third-order valence-electron chi connectivity index (χ3n) is 2.16. The van der Waals surface area contributed by atoms with Gasteiger partial charge < -0.3 is 9.47 Å². The molecule has 0 bridgehead atoms. The fraction of sp³-hybridized carbons (Fsp3) is 0.556. The average molecular weight is 152 g/mol. The van der Waals surface area contributed by atoms with E-state index in [2.05, 4.69) is 12.2 Å². The molecule has 0 fully saturated rings. The fourth-order valence-electron chi connectivity index (χ4n) is 1.48. The predicted octanol–water partition coefficient (Wildman–Crippen LogP) is 1.84. The van der Waals surface area contributed by atoms with Crippen LogP contribution in [0.1, 0.15) is 12.8 Å². The molecule has 2 unspecified atom stereocenters. The van der Waals surface area contributed by atoms with E-state index in [1.165, 1.54) is 0 Å². The van der Waals surface area contributed by atoms with E-state index >= 15 is 0 Å². The van der Waals surface area contributed by atoms with Gasteiger partial charge in [0.05, 0.1) is 25.0 Å². The maximum Gasteiger partial charge on any atom is 0.108 e. The number of hydrogen-bond donors (Lipinski definition) is 0. The first-order chi connectivity index (χ1) is 5.47. The topological polar surface area (TPSA) is 18.5 Å². The number of hydrogen-bond acceptors (Lipinski definition) is 2. The molecule has 2 atom stereocenters. The number of rotatable bonds is 1. The van der Waals surface area contributed by atoms with Crippen molar-refractivity contribution in [2.75, 3.05) is 6.61 Å². The van der Waals surface area contributed by atoms with Gasteiger partial charge in [-0.25, -0.2) is 0 Å². The van der Waals surface area contributed by atoms with Crippen LogP contribution in [0.2, 0.25) is 0 Å². The van der Waals surface area contributed by atoms with E-state index in [1.54, 1.807) is 12.5 Å². The minimum absolute atomic E-state index is 0.346. The van der Waals surface area contributed by atoms with Crippen molar-refractivity contribution >= 4 is 0 Å². The minimum Gasteiger partial charge on any atom is -0.501 e. The van der Waals surface area contributed by atoms with E-state index in [4.69, 9.17) is 9.47 Å². The molecule has 2 heterocycles. The van der Waals surface area contributed by atoms with Gasteiger partial charge >= 0.3 is 0 Å². The second kappa shape index (κ2) is 2.99. The average Bonchev–Trinajstić information content (AvgIpc) is 2.58. The lowest BCUT2D eigenvalue weighted by molar-refractivity contribution is 0.0684. The van der Waals surface area contributed by atoms with Crippen LogP contribution in [0.3, 0.4) is 0 Å². The Labute approximate surface area is 66.5 Å². The van der Waals surface area contributed by atoms with E-state index in [9.17, 15) is 0 Å². The van der Waals surface area contributed by atoms with Crippen molar-refractivity contribution in [3.05, 3.63) is 24.7 Å². The van der Waals surface area contributed by atoms with Crippen molar-refractivity contribution in [3.63, 3.8) is 0 Å². The minimum atomic E-state index is 0.346. The molecule has 0 amide bonds. The summed E-state index contributed by atoms with van der Waals surface area (Å²) in [5.41, 5.74) is 0. The molecule has 0 aromatic carbocycles. The highest BCUT2D eigenvalue weighted by Gasteiger charge is 2.23. The molecule has 2 rings (SSSR count). The molecular weight excluding hydrogens is 140 g/mol. The summed E-state index contributed by atoms with van der Waals surface area (Å²) in [5.74, 6) is 0.472. The van der Waals surface area contributed by atoms with Crippen LogP contribution in [0, 0.1) is 5.92 Å². The Bertz CT molecular complexity index is 184. The zero-order chi connectivity index (χ0) is 7.52. The van der Waals surface area contributed by atoms with Crippen molar-refractivity contribution in [3.8, 4) is 0 Å². The first kappa shape index (κ1) is 6.77. The van der Waals surface area contributed by atoms with E-state index < -0.39 is 0 Å². The lowest BCUT2D eigenvalue weighted by Crippen LogP contribution is -2.23. The van der Waals surface area contributed by atoms with Gasteiger partial charge in [-0.2, -0.15) is 0 Å². The van der Waals surface area contributed by atoms with E-state index in [0.717, 1.165) is 19.4 Å². The van der Waals surface area contributed by atoms with Gasteiger partial charge in [0, 0.05) is 0 Å². The van der Waals surface area contributed by atoms with Gasteiger partial charge in [0.2, 0.25) is 0 Å². The van der Waals surface area contributed by atoms with Gasteiger partial charge in [-0.15, -0.1) is 0 Å². The maximum atomic E-state index is 5.45. The highest BCUT2D eigenvalue weighted by atomic mass is 16.5. The first-order valence-electron chi connectivity index (χ1n) is 4.05. The first-order valence-corrected chi connectivity index (χ1v) is 4.05. The molecule has 0 aliphatic carbocycles. The number of allylic oxidation sites excluding steroid dienone is 1. The van der Waals surface area contributed by atoms with Gasteiger partial charge in [0.1, 0.15) is 6.10 Å². The molecule has 60 valence electrons. The predicted molar refractivity (Wildman–Crippen MR) is 41.8 cm³/mol. The molecule has 0 aromatic heterocycles. The van der Waals surface area contributed by atoms with E-state index in [0.29, 0.717) is 12.0 Å². The lowest BCUT2D eigenvalue weighted by atomic mass is 9.99. The van der Waals surface area contributed by atoms with Gasteiger partial charge in [-0.05, 0) is 25.0 Å². The third-order valence-corrected chi connectivity index (χ3v) is 2.16. The molecule has 0 saturated heterocycles. The van der Waals surface area contributed by atoms with Gasteiger partial charge in [0.15, 0.2) is 0 Å². The van der Waals surface area contributed by atoms with Crippen LogP contribution in [0.4, 0.5) is 0 Å². The highest BCUT2D eigenvalue weighted by Crippen LogP contribution is 2.22. The van der Waals surface area contributed by atoms with Crippen molar-refractivity contribution < 1.29 is 9.47 Å². The zero-order valence-electron chi connectivity index (χ0n) is 6.40. The second-order valence-electron chi connectivity index (χ2n) is 2.95. The standard InChI is InChI=1S/C9H12O2/c1-2-5-11-9(3-1)8-4-6-10-7-8/h2,4-6,8-9H,1,3,7H2. The van der Waals surface area contributed by atoms with Crippen molar-refractivity contribution in [2.24, 2.45) is 5.92 Å².